The highest BCUT2D eigenvalue weighted by Gasteiger charge is 2.62. The average molecular weight is 538 g/mol. The number of carbonyl (C=O) groups is 1. The molecule has 2 aliphatic rings. The van der Waals surface area contributed by atoms with Crippen LogP contribution in [0.5, 0.6) is 0 Å². The van der Waals surface area contributed by atoms with Gasteiger partial charge in [-0.15, -0.1) is 0 Å². The van der Waals surface area contributed by atoms with Gasteiger partial charge in [-0.05, 0) is 49.2 Å². The normalized spacial score (nSPS) is 21.8. The van der Waals surface area contributed by atoms with Crippen LogP contribution >= 0.6 is 46.6 Å². The zero-order valence-corrected chi connectivity index (χ0v) is 20.5. The Morgan fingerprint density at radius 3 is 2.30 bits per heavy atom. The van der Waals surface area contributed by atoms with Crippen molar-refractivity contribution in [1.82, 2.24) is 5.32 Å². The number of alkyl halides is 3. The van der Waals surface area contributed by atoms with E-state index in [4.69, 9.17) is 39.6 Å². The minimum atomic E-state index is -4.82. The fourth-order valence-corrected chi connectivity index (χ4v) is 5.32. The van der Waals surface area contributed by atoms with Gasteiger partial charge in [-0.25, -0.2) is 0 Å². The van der Waals surface area contributed by atoms with Gasteiger partial charge in [-0.2, -0.15) is 24.9 Å². The van der Waals surface area contributed by atoms with Crippen LogP contribution in [0.4, 0.5) is 13.2 Å². The molecule has 0 saturated carbocycles. The Morgan fingerprint density at radius 2 is 1.79 bits per heavy atom. The van der Waals surface area contributed by atoms with Gasteiger partial charge in [0.15, 0.2) is 0 Å². The van der Waals surface area contributed by atoms with Crippen molar-refractivity contribution in [2.45, 2.75) is 37.6 Å². The molecule has 2 aliphatic heterocycles. The lowest BCUT2D eigenvalue weighted by atomic mass is 9.86. The Hall–Kier alpha value is -1.61. The lowest BCUT2D eigenvalue weighted by Gasteiger charge is -2.38. The van der Waals surface area contributed by atoms with Crippen molar-refractivity contribution in [3.05, 3.63) is 67.7 Å². The number of nitrogens with one attached hydrogen (secondary N) is 1. The number of hydrogen-bond acceptors (Lipinski definition) is 4. The molecule has 0 aliphatic carbocycles. The minimum absolute atomic E-state index is 0.0441. The van der Waals surface area contributed by atoms with E-state index < -0.39 is 18.2 Å². The summed E-state index contributed by atoms with van der Waals surface area (Å²) < 4.78 is 42.7. The number of amides is 1. The number of rotatable bonds is 4. The number of thioether (sulfide) groups is 1. The SMILES string of the molecule is Cc1cc(C2=NOC(c3cc(Cl)c(Cl)c(Cl)c3)(C(F)(F)F)C2)ccc1C(=O)NC1(C)CSC1. The van der Waals surface area contributed by atoms with Gasteiger partial charge in [0.1, 0.15) is 0 Å². The van der Waals surface area contributed by atoms with Crippen LogP contribution in [-0.2, 0) is 10.4 Å². The smallest absolute Gasteiger partial charge is 0.374 e. The third-order valence-electron chi connectivity index (χ3n) is 5.70. The van der Waals surface area contributed by atoms with Gasteiger partial charge < -0.3 is 10.2 Å². The van der Waals surface area contributed by atoms with Crippen LogP contribution in [0.1, 0.15) is 40.4 Å². The van der Waals surface area contributed by atoms with Crippen molar-refractivity contribution in [1.29, 1.82) is 0 Å². The van der Waals surface area contributed by atoms with Crippen LogP contribution in [-0.4, -0.2) is 34.8 Å². The zero-order chi connectivity index (χ0) is 24.2. The van der Waals surface area contributed by atoms with E-state index in [1.54, 1.807) is 36.9 Å². The van der Waals surface area contributed by atoms with Crippen LogP contribution in [0, 0.1) is 6.92 Å². The summed E-state index contributed by atoms with van der Waals surface area (Å²) in [5.41, 5.74) is -1.73. The second-order valence-electron chi connectivity index (χ2n) is 8.42. The molecule has 2 aromatic carbocycles. The summed E-state index contributed by atoms with van der Waals surface area (Å²) in [6.45, 7) is 3.70. The van der Waals surface area contributed by atoms with Crippen LogP contribution in [0.15, 0.2) is 35.5 Å². The third-order valence-corrected chi connectivity index (χ3v) is 8.58. The molecule has 1 N–H and O–H groups in total. The van der Waals surface area contributed by atoms with Crippen molar-refractivity contribution >= 4 is 58.2 Å². The molecule has 33 heavy (non-hydrogen) atoms. The topological polar surface area (TPSA) is 50.7 Å². The summed E-state index contributed by atoms with van der Waals surface area (Å²) in [5.74, 6) is 1.45. The van der Waals surface area contributed by atoms with Crippen molar-refractivity contribution in [2.75, 3.05) is 11.5 Å². The van der Waals surface area contributed by atoms with Crippen LogP contribution < -0.4 is 5.32 Å². The molecular formula is C22H18Cl3F3N2O2S. The number of carbonyl (C=O) groups excluding carboxylic acids is 1. The van der Waals surface area contributed by atoms with Gasteiger partial charge in [-0.3, -0.25) is 4.79 Å². The molecule has 4 rings (SSSR count). The maximum absolute atomic E-state index is 14.2. The summed E-state index contributed by atoms with van der Waals surface area (Å²) in [6.07, 6.45) is -5.41. The molecule has 11 heteroatoms. The first-order valence-electron chi connectivity index (χ1n) is 9.83. The first-order chi connectivity index (χ1) is 15.4. The van der Waals surface area contributed by atoms with E-state index >= 15 is 0 Å². The first kappa shape index (κ1) is 24.5. The van der Waals surface area contributed by atoms with Gasteiger partial charge in [0.2, 0.25) is 0 Å². The van der Waals surface area contributed by atoms with E-state index in [-0.39, 0.29) is 37.8 Å². The van der Waals surface area contributed by atoms with Crippen LogP contribution in [0.2, 0.25) is 15.1 Å². The Balaban J connectivity index is 1.62. The molecule has 1 amide bonds. The van der Waals surface area contributed by atoms with Crippen LogP contribution in [0.25, 0.3) is 0 Å². The highest BCUT2D eigenvalue weighted by Crippen LogP contribution is 2.50. The van der Waals surface area contributed by atoms with Crippen molar-refractivity contribution in [2.24, 2.45) is 5.16 Å². The van der Waals surface area contributed by atoms with E-state index in [1.165, 1.54) is 0 Å². The van der Waals surface area contributed by atoms with Crippen molar-refractivity contribution in [3.63, 3.8) is 0 Å². The van der Waals surface area contributed by atoms with Gasteiger partial charge in [0.05, 0.1) is 26.3 Å². The van der Waals surface area contributed by atoms with E-state index in [9.17, 15) is 18.0 Å². The van der Waals surface area contributed by atoms with Crippen LogP contribution in [0.3, 0.4) is 0 Å². The summed E-state index contributed by atoms with van der Waals surface area (Å²) in [5, 5.41) is 6.48. The molecule has 0 aromatic heterocycles. The summed E-state index contributed by atoms with van der Waals surface area (Å²) in [7, 11) is 0. The fraction of sp³-hybridized carbons (Fsp3) is 0.364. The molecule has 4 nitrogen and oxygen atoms in total. The lowest BCUT2D eigenvalue weighted by molar-refractivity contribution is -0.275. The summed E-state index contributed by atoms with van der Waals surface area (Å²) in [4.78, 5) is 17.7. The highest BCUT2D eigenvalue weighted by atomic mass is 35.5. The molecule has 1 unspecified atom stereocenters. The molecule has 176 valence electrons. The van der Waals surface area contributed by atoms with Gasteiger partial charge in [0.25, 0.3) is 11.5 Å². The Kier molecular flexibility index (Phi) is 6.36. The van der Waals surface area contributed by atoms with E-state index in [2.05, 4.69) is 10.5 Å². The molecule has 1 fully saturated rings. The summed E-state index contributed by atoms with van der Waals surface area (Å²) >= 11 is 19.6. The van der Waals surface area contributed by atoms with Gasteiger partial charge in [0, 0.05) is 29.1 Å². The van der Waals surface area contributed by atoms with Gasteiger partial charge >= 0.3 is 6.18 Å². The average Bonchev–Trinajstić information content (AvgIpc) is 3.17. The monoisotopic (exact) mass is 536 g/mol. The molecular weight excluding hydrogens is 520 g/mol. The summed E-state index contributed by atoms with van der Waals surface area (Å²) in [6, 6.07) is 6.94. The second-order valence-corrected chi connectivity index (χ2v) is 10.6. The maximum Gasteiger partial charge on any atom is 0.435 e. The number of benzene rings is 2. The minimum Gasteiger partial charge on any atom is -0.374 e. The Bertz CT molecular complexity index is 1150. The lowest BCUT2D eigenvalue weighted by Crippen LogP contribution is -2.55. The van der Waals surface area contributed by atoms with E-state index in [0.29, 0.717) is 16.7 Å². The quantitative estimate of drug-likeness (QED) is 0.438. The van der Waals surface area contributed by atoms with E-state index in [1.807, 2.05) is 6.92 Å². The molecule has 0 spiro atoms. The molecule has 0 bridgehead atoms. The number of hydrogen-bond donors (Lipinski definition) is 1. The predicted octanol–water partition coefficient (Wildman–Crippen LogP) is 6.77. The molecule has 2 heterocycles. The highest BCUT2D eigenvalue weighted by molar-refractivity contribution is 8.00. The van der Waals surface area contributed by atoms with Gasteiger partial charge in [-0.1, -0.05) is 46.0 Å². The number of halogens is 6. The molecule has 2 aromatic rings. The number of oxime groups is 1. The first-order valence-corrected chi connectivity index (χ1v) is 12.1. The number of nitrogens with zero attached hydrogens (tertiary/aromatic N) is 1. The number of aryl methyl sites for hydroxylation is 1. The van der Waals surface area contributed by atoms with Crippen molar-refractivity contribution < 1.29 is 22.8 Å². The Labute approximate surface area is 207 Å². The second kappa shape index (κ2) is 8.56. The standard InChI is InChI=1S/C22H18Cl3F3N2O2S/c1-11-5-12(3-4-14(11)19(31)29-20(2)9-33-10-20)17-8-21(32-30-17,22(26,27)28)13-6-15(23)18(25)16(24)7-13/h3-7H,8-10H2,1-2H3,(H,29,31). The molecule has 1 atom stereocenters. The van der Waals surface area contributed by atoms with E-state index in [0.717, 1.165) is 23.6 Å². The maximum atomic E-state index is 14.2. The largest absolute Gasteiger partial charge is 0.435 e. The zero-order valence-electron chi connectivity index (χ0n) is 17.4. The molecule has 1 saturated heterocycles. The molecule has 0 radical (unpaired) electrons. The fourth-order valence-electron chi connectivity index (χ4n) is 3.77. The predicted molar refractivity (Wildman–Crippen MR) is 126 cm³/mol. The Morgan fingerprint density at radius 1 is 1.15 bits per heavy atom. The third kappa shape index (κ3) is 4.43. The van der Waals surface area contributed by atoms with Crippen molar-refractivity contribution in [3.8, 4) is 0 Å².